The Morgan fingerprint density at radius 2 is 1.96 bits per heavy atom. The van der Waals surface area contributed by atoms with E-state index in [-0.39, 0.29) is 11.7 Å². The van der Waals surface area contributed by atoms with Crippen molar-refractivity contribution in [1.82, 2.24) is 4.90 Å². The quantitative estimate of drug-likeness (QED) is 0.796. The minimum Gasteiger partial charge on any atom is -0.497 e. The highest BCUT2D eigenvalue weighted by Gasteiger charge is 2.35. The summed E-state index contributed by atoms with van der Waals surface area (Å²) in [6.45, 7) is -0.449. The number of benzene rings is 2. The van der Waals surface area contributed by atoms with Crippen molar-refractivity contribution in [2.45, 2.75) is 6.04 Å². The average Bonchev–Trinajstić information content (AvgIpc) is 3.18. The highest BCUT2D eigenvalue weighted by Crippen LogP contribution is 2.24. The summed E-state index contributed by atoms with van der Waals surface area (Å²) in [6, 6.07) is 9.00. The van der Waals surface area contributed by atoms with Gasteiger partial charge in [0.05, 0.1) is 13.0 Å². The van der Waals surface area contributed by atoms with E-state index in [2.05, 4.69) is 5.32 Å². The first kappa shape index (κ1) is 19.9. The number of nitrogens with one attached hydrogen (secondary N) is 1. The molecule has 1 saturated heterocycles. The van der Waals surface area contributed by atoms with Crippen LogP contribution in [0.5, 0.6) is 11.5 Å². The largest absolute Gasteiger partial charge is 0.497 e. The van der Waals surface area contributed by atoms with Crippen LogP contribution in [0.1, 0.15) is 0 Å². The molecule has 2 aromatic carbocycles. The molecular weight excluding hydrogens is 390 g/mol. The Balaban J connectivity index is 1.59. The number of amides is 2. The van der Waals surface area contributed by atoms with Crippen molar-refractivity contribution in [3.05, 3.63) is 54.1 Å². The van der Waals surface area contributed by atoms with E-state index < -0.39 is 30.2 Å². The summed E-state index contributed by atoms with van der Waals surface area (Å²) in [6.07, 6.45) is 0. The number of carbonyl (C=O) groups is 2. The van der Waals surface area contributed by atoms with Crippen LogP contribution in [0.4, 0.5) is 14.5 Å². The molecule has 1 atom stereocenters. The zero-order chi connectivity index (χ0) is 20.1. The summed E-state index contributed by atoms with van der Waals surface area (Å²) in [7, 11) is 1.55. The second-order valence-corrected chi connectivity index (χ2v) is 6.96. The topological polar surface area (TPSA) is 67.9 Å². The molecule has 9 heteroatoms. The van der Waals surface area contributed by atoms with Gasteiger partial charge in [-0.1, -0.05) is 0 Å². The third-order valence-electron chi connectivity index (χ3n) is 4.11. The van der Waals surface area contributed by atoms with Gasteiger partial charge in [-0.25, -0.2) is 8.78 Å². The monoisotopic (exact) mass is 408 g/mol. The zero-order valence-electron chi connectivity index (χ0n) is 15.0. The number of nitrogens with zero attached hydrogens (tertiary/aromatic N) is 1. The summed E-state index contributed by atoms with van der Waals surface area (Å²) < 4.78 is 36.8. The van der Waals surface area contributed by atoms with E-state index in [9.17, 15) is 18.4 Å². The van der Waals surface area contributed by atoms with Crippen molar-refractivity contribution in [2.24, 2.45) is 0 Å². The van der Waals surface area contributed by atoms with E-state index in [1.54, 1.807) is 31.4 Å². The molecule has 1 heterocycles. The van der Waals surface area contributed by atoms with Gasteiger partial charge in [-0.05, 0) is 36.4 Å². The van der Waals surface area contributed by atoms with Gasteiger partial charge in [0.1, 0.15) is 17.6 Å². The Labute approximate surface area is 164 Å². The van der Waals surface area contributed by atoms with Crippen molar-refractivity contribution in [3.8, 4) is 11.5 Å². The van der Waals surface area contributed by atoms with Crippen molar-refractivity contribution in [3.63, 3.8) is 0 Å². The van der Waals surface area contributed by atoms with Gasteiger partial charge in [0, 0.05) is 17.5 Å². The highest BCUT2D eigenvalue weighted by atomic mass is 32.2. The van der Waals surface area contributed by atoms with Gasteiger partial charge in [-0.2, -0.15) is 0 Å². The number of anilines is 1. The van der Waals surface area contributed by atoms with Crippen LogP contribution in [0.15, 0.2) is 42.5 Å². The van der Waals surface area contributed by atoms with Crippen LogP contribution in [-0.2, 0) is 9.59 Å². The fourth-order valence-corrected chi connectivity index (χ4v) is 3.80. The third kappa shape index (κ3) is 4.72. The fraction of sp³-hybridized carbons (Fsp3) is 0.263. The average molecular weight is 408 g/mol. The molecule has 2 aromatic rings. The first-order valence-corrected chi connectivity index (χ1v) is 9.53. The second-order valence-electron chi connectivity index (χ2n) is 5.96. The maximum Gasteiger partial charge on any atom is 0.261 e. The molecule has 1 fully saturated rings. The zero-order valence-corrected chi connectivity index (χ0v) is 15.8. The minimum absolute atomic E-state index is 0.221. The molecule has 0 spiro atoms. The molecule has 0 aromatic heterocycles. The summed E-state index contributed by atoms with van der Waals surface area (Å²) >= 11 is 1.44. The van der Waals surface area contributed by atoms with Gasteiger partial charge in [-0.3, -0.25) is 9.59 Å². The maximum atomic E-state index is 13.6. The second kappa shape index (κ2) is 8.92. The Morgan fingerprint density at radius 3 is 2.64 bits per heavy atom. The number of rotatable bonds is 6. The van der Waals surface area contributed by atoms with Crippen LogP contribution in [0.25, 0.3) is 0 Å². The van der Waals surface area contributed by atoms with Crippen LogP contribution < -0.4 is 14.8 Å². The predicted octanol–water partition coefficient (Wildman–Crippen LogP) is 2.89. The fourth-order valence-electron chi connectivity index (χ4n) is 2.62. The van der Waals surface area contributed by atoms with Crippen LogP contribution in [0, 0.1) is 11.6 Å². The molecule has 1 aliphatic rings. The number of hydrogen-bond donors (Lipinski definition) is 1. The van der Waals surface area contributed by atoms with Gasteiger partial charge in [-0.15, -0.1) is 11.8 Å². The Kier molecular flexibility index (Phi) is 6.35. The Morgan fingerprint density at radius 1 is 1.21 bits per heavy atom. The maximum absolute atomic E-state index is 13.6. The number of ether oxygens (including phenoxy) is 2. The molecule has 28 heavy (non-hydrogen) atoms. The first-order valence-electron chi connectivity index (χ1n) is 8.38. The molecule has 148 valence electrons. The van der Waals surface area contributed by atoms with E-state index in [4.69, 9.17) is 9.47 Å². The summed E-state index contributed by atoms with van der Waals surface area (Å²) in [4.78, 5) is 26.4. The molecule has 0 aliphatic carbocycles. The molecule has 3 rings (SSSR count). The van der Waals surface area contributed by atoms with E-state index in [1.165, 1.54) is 16.7 Å². The summed E-state index contributed by atoms with van der Waals surface area (Å²) in [5.41, 5.74) is 0.583. The van der Waals surface area contributed by atoms with Crippen LogP contribution in [0.2, 0.25) is 0 Å². The number of halogens is 2. The lowest BCUT2D eigenvalue weighted by Gasteiger charge is -2.23. The number of hydrogen-bond acceptors (Lipinski definition) is 5. The Hall–Kier alpha value is -2.81. The van der Waals surface area contributed by atoms with Gasteiger partial charge in [0.2, 0.25) is 5.91 Å². The van der Waals surface area contributed by atoms with E-state index in [1.807, 2.05) is 0 Å². The Bertz CT molecular complexity index is 864. The lowest BCUT2D eigenvalue weighted by Crippen LogP contribution is -2.46. The van der Waals surface area contributed by atoms with Gasteiger partial charge >= 0.3 is 0 Å². The molecule has 6 nitrogen and oxygen atoms in total. The molecule has 2 amide bonds. The van der Waals surface area contributed by atoms with E-state index in [0.29, 0.717) is 29.1 Å². The van der Waals surface area contributed by atoms with Crippen molar-refractivity contribution < 1.29 is 27.8 Å². The predicted molar refractivity (Wildman–Crippen MR) is 101 cm³/mol. The number of methoxy groups -OCH3 is 1. The highest BCUT2D eigenvalue weighted by molar-refractivity contribution is 7.99. The lowest BCUT2D eigenvalue weighted by atomic mass is 10.2. The lowest BCUT2D eigenvalue weighted by molar-refractivity contribution is -0.137. The molecule has 1 N–H and O–H groups in total. The molecular formula is C19H18F2N2O4S. The SMILES string of the molecule is COc1ccc(NC(=O)C2CSCN2C(=O)COc2ccc(F)cc2F)cc1. The van der Waals surface area contributed by atoms with Gasteiger partial charge in [0.25, 0.3) is 5.91 Å². The van der Waals surface area contributed by atoms with E-state index in [0.717, 1.165) is 12.1 Å². The van der Waals surface area contributed by atoms with Crippen molar-refractivity contribution in [2.75, 3.05) is 30.7 Å². The van der Waals surface area contributed by atoms with Crippen LogP contribution in [-0.4, -0.2) is 48.1 Å². The van der Waals surface area contributed by atoms with Crippen LogP contribution in [0.3, 0.4) is 0 Å². The summed E-state index contributed by atoms with van der Waals surface area (Å²) in [5.74, 6) is -1.19. The molecule has 0 radical (unpaired) electrons. The molecule has 0 bridgehead atoms. The third-order valence-corrected chi connectivity index (χ3v) is 5.12. The first-order chi connectivity index (χ1) is 13.5. The minimum atomic E-state index is -0.891. The van der Waals surface area contributed by atoms with Gasteiger partial charge in [0.15, 0.2) is 18.2 Å². The molecule has 1 unspecified atom stereocenters. The van der Waals surface area contributed by atoms with Gasteiger partial charge < -0.3 is 19.7 Å². The van der Waals surface area contributed by atoms with E-state index >= 15 is 0 Å². The van der Waals surface area contributed by atoms with Crippen molar-refractivity contribution in [1.29, 1.82) is 0 Å². The smallest absolute Gasteiger partial charge is 0.261 e. The van der Waals surface area contributed by atoms with Crippen molar-refractivity contribution >= 4 is 29.3 Å². The molecule has 1 aliphatic heterocycles. The number of thioether (sulfide) groups is 1. The van der Waals surface area contributed by atoms with Crippen LogP contribution >= 0.6 is 11.8 Å². The standard InChI is InChI=1S/C19H18F2N2O4S/c1-26-14-5-3-13(4-6-14)22-19(25)16-10-28-11-23(16)18(24)9-27-17-7-2-12(20)8-15(17)21/h2-8,16H,9-11H2,1H3,(H,22,25). The number of carbonyl (C=O) groups excluding carboxylic acids is 2. The summed E-state index contributed by atoms with van der Waals surface area (Å²) in [5, 5.41) is 2.76. The normalized spacial score (nSPS) is 16.0. The molecule has 0 saturated carbocycles.